The Hall–Kier alpha value is -1.01. The fraction of sp³-hybridized carbons (Fsp3) is 0.727. The molecule has 3 heteroatoms. The van der Waals surface area contributed by atoms with Gasteiger partial charge in [-0.25, -0.2) is 0 Å². The summed E-state index contributed by atoms with van der Waals surface area (Å²) in [6, 6.07) is 0. The highest BCUT2D eigenvalue weighted by atomic mass is 16.5. The number of rotatable bonds is 6. The number of carbonyl (C=O) groups is 1. The largest absolute Gasteiger partial charge is 0.481 e. The second-order valence-corrected chi connectivity index (χ2v) is 3.97. The number of hydrogen-bond acceptors (Lipinski definition) is 2. The molecule has 0 saturated carbocycles. The van der Waals surface area contributed by atoms with Crippen molar-refractivity contribution in [2.45, 2.75) is 39.7 Å². The van der Waals surface area contributed by atoms with Gasteiger partial charge in [0, 0.05) is 6.61 Å². The molecule has 0 aliphatic rings. The van der Waals surface area contributed by atoms with E-state index < -0.39 is 11.4 Å². The number of aliphatic carboxylic acids is 1. The molecule has 0 bridgehead atoms. The predicted molar refractivity (Wildman–Crippen MR) is 54.9 cm³/mol. The van der Waals surface area contributed by atoms with Gasteiger partial charge in [-0.3, -0.25) is 4.79 Å². The Bertz CT molecular complexity index is 225. The molecule has 3 nitrogen and oxygen atoms in total. The first kappa shape index (κ1) is 13.0. The highest BCUT2D eigenvalue weighted by Crippen LogP contribution is 2.22. The van der Waals surface area contributed by atoms with Crippen molar-refractivity contribution in [3.63, 3.8) is 0 Å². The Morgan fingerprint density at radius 1 is 1.64 bits per heavy atom. The molecule has 0 rings (SSSR count). The minimum atomic E-state index is -0.775. The molecule has 1 unspecified atom stereocenters. The van der Waals surface area contributed by atoms with Crippen LogP contribution in [0.4, 0.5) is 0 Å². The Labute approximate surface area is 85.5 Å². The van der Waals surface area contributed by atoms with Crippen LogP contribution < -0.4 is 0 Å². The zero-order chi connectivity index (χ0) is 11.2. The first-order valence-electron chi connectivity index (χ1n) is 4.71. The molecule has 14 heavy (non-hydrogen) atoms. The van der Waals surface area contributed by atoms with Crippen LogP contribution in [0, 0.1) is 17.8 Å². The zero-order valence-electron chi connectivity index (χ0n) is 9.04. The normalized spacial score (nSPS) is 13.3. The van der Waals surface area contributed by atoms with E-state index in [1.807, 2.05) is 0 Å². The quantitative estimate of drug-likeness (QED) is 0.524. The summed E-state index contributed by atoms with van der Waals surface area (Å²) >= 11 is 0. The van der Waals surface area contributed by atoms with Gasteiger partial charge in [0.1, 0.15) is 6.10 Å². The lowest BCUT2D eigenvalue weighted by atomic mass is 9.88. The molecule has 0 fully saturated rings. The monoisotopic (exact) mass is 198 g/mol. The minimum absolute atomic E-state index is 0.192. The van der Waals surface area contributed by atoms with Gasteiger partial charge in [-0.05, 0) is 33.6 Å². The standard InChI is InChI=1S/C11H18O3/c1-5-9(2)14-8-6-7-11(3,4)10(12)13/h1,9H,6-8H2,2-4H3,(H,12,13). The molecule has 1 N–H and O–H groups in total. The van der Waals surface area contributed by atoms with Crippen LogP contribution in [0.3, 0.4) is 0 Å². The lowest BCUT2D eigenvalue weighted by molar-refractivity contribution is -0.147. The second-order valence-electron chi connectivity index (χ2n) is 3.97. The Morgan fingerprint density at radius 2 is 2.21 bits per heavy atom. The third-order valence-electron chi connectivity index (χ3n) is 2.13. The lowest BCUT2D eigenvalue weighted by Crippen LogP contribution is -2.24. The average molecular weight is 198 g/mol. The van der Waals surface area contributed by atoms with Crippen molar-refractivity contribution in [2.24, 2.45) is 5.41 Å². The molecule has 0 spiro atoms. The van der Waals surface area contributed by atoms with Crippen LogP contribution >= 0.6 is 0 Å². The SMILES string of the molecule is C#CC(C)OCCCC(C)(C)C(=O)O. The van der Waals surface area contributed by atoms with Crippen molar-refractivity contribution in [1.82, 2.24) is 0 Å². The maximum Gasteiger partial charge on any atom is 0.309 e. The van der Waals surface area contributed by atoms with Crippen LogP contribution in [0.25, 0.3) is 0 Å². The van der Waals surface area contributed by atoms with Crippen molar-refractivity contribution in [1.29, 1.82) is 0 Å². The van der Waals surface area contributed by atoms with E-state index in [0.29, 0.717) is 19.4 Å². The molecule has 0 aromatic heterocycles. The molecule has 0 saturated heterocycles. The van der Waals surface area contributed by atoms with E-state index in [1.165, 1.54) is 0 Å². The molecule has 0 radical (unpaired) electrons. The molecular weight excluding hydrogens is 180 g/mol. The van der Waals surface area contributed by atoms with Crippen LogP contribution in [0.2, 0.25) is 0 Å². The smallest absolute Gasteiger partial charge is 0.309 e. The van der Waals surface area contributed by atoms with E-state index in [9.17, 15) is 4.79 Å². The van der Waals surface area contributed by atoms with Crippen molar-refractivity contribution in [3.8, 4) is 12.3 Å². The van der Waals surface area contributed by atoms with Crippen LogP contribution in [0.5, 0.6) is 0 Å². The van der Waals surface area contributed by atoms with Crippen molar-refractivity contribution < 1.29 is 14.6 Å². The number of terminal acetylenes is 1. The average Bonchev–Trinajstić information content (AvgIpc) is 2.11. The van der Waals surface area contributed by atoms with Crippen LogP contribution in [0.1, 0.15) is 33.6 Å². The van der Waals surface area contributed by atoms with Crippen molar-refractivity contribution in [2.75, 3.05) is 6.61 Å². The predicted octanol–water partition coefficient (Wildman–Crippen LogP) is 1.92. The van der Waals surface area contributed by atoms with E-state index in [0.717, 1.165) is 0 Å². The maximum atomic E-state index is 10.7. The van der Waals surface area contributed by atoms with Gasteiger partial charge in [0.15, 0.2) is 0 Å². The summed E-state index contributed by atoms with van der Waals surface area (Å²) in [5, 5.41) is 8.82. The third-order valence-corrected chi connectivity index (χ3v) is 2.13. The number of carboxylic acids is 1. The molecule has 1 atom stereocenters. The van der Waals surface area contributed by atoms with Gasteiger partial charge >= 0.3 is 5.97 Å². The number of ether oxygens (including phenoxy) is 1. The van der Waals surface area contributed by atoms with Crippen molar-refractivity contribution in [3.05, 3.63) is 0 Å². The molecule has 0 heterocycles. The summed E-state index contributed by atoms with van der Waals surface area (Å²) in [4.78, 5) is 10.7. The summed E-state index contributed by atoms with van der Waals surface area (Å²) in [5.74, 6) is 1.67. The molecule has 0 aromatic rings. The summed E-state index contributed by atoms with van der Waals surface area (Å²) in [6.07, 6.45) is 6.24. The molecule has 0 aromatic carbocycles. The molecular formula is C11H18O3. The van der Waals surface area contributed by atoms with E-state index in [2.05, 4.69) is 5.92 Å². The van der Waals surface area contributed by atoms with E-state index in [1.54, 1.807) is 20.8 Å². The molecule has 0 aliphatic heterocycles. The number of hydrogen-bond donors (Lipinski definition) is 1. The maximum absolute atomic E-state index is 10.7. The van der Waals surface area contributed by atoms with Crippen LogP contribution in [-0.2, 0) is 9.53 Å². The fourth-order valence-electron chi connectivity index (χ4n) is 0.929. The fourth-order valence-corrected chi connectivity index (χ4v) is 0.929. The lowest BCUT2D eigenvalue weighted by Gasteiger charge is -2.18. The Morgan fingerprint density at radius 3 is 2.64 bits per heavy atom. The molecule has 0 amide bonds. The summed E-state index contributed by atoms with van der Waals surface area (Å²) in [6.45, 7) is 5.73. The Balaban J connectivity index is 3.65. The van der Waals surface area contributed by atoms with E-state index >= 15 is 0 Å². The highest BCUT2D eigenvalue weighted by molar-refractivity contribution is 5.73. The van der Waals surface area contributed by atoms with E-state index in [4.69, 9.17) is 16.3 Å². The van der Waals surface area contributed by atoms with Gasteiger partial charge in [0.05, 0.1) is 5.41 Å². The molecule has 80 valence electrons. The minimum Gasteiger partial charge on any atom is -0.481 e. The highest BCUT2D eigenvalue weighted by Gasteiger charge is 2.26. The first-order valence-corrected chi connectivity index (χ1v) is 4.71. The summed E-state index contributed by atoms with van der Waals surface area (Å²) in [5.41, 5.74) is -0.678. The second kappa shape index (κ2) is 5.66. The van der Waals surface area contributed by atoms with Gasteiger partial charge in [0.25, 0.3) is 0 Å². The van der Waals surface area contributed by atoms with Gasteiger partial charge < -0.3 is 9.84 Å². The van der Waals surface area contributed by atoms with Crippen molar-refractivity contribution >= 4 is 5.97 Å². The van der Waals surface area contributed by atoms with Gasteiger partial charge in [-0.1, -0.05) is 5.92 Å². The van der Waals surface area contributed by atoms with E-state index in [-0.39, 0.29) is 6.10 Å². The Kier molecular flexibility index (Phi) is 5.26. The van der Waals surface area contributed by atoms with Gasteiger partial charge in [0.2, 0.25) is 0 Å². The van der Waals surface area contributed by atoms with Crippen LogP contribution in [-0.4, -0.2) is 23.8 Å². The van der Waals surface area contributed by atoms with Crippen LogP contribution in [0.15, 0.2) is 0 Å². The third kappa shape index (κ3) is 4.88. The van der Waals surface area contributed by atoms with Gasteiger partial charge in [-0.2, -0.15) is 0 Å². The van der Waals surface area contributed by atoms with Gasteiger partial charge in [-0.15, -0.1) is 6.42 Å². The first-order chi connectivity index (χ1) is 6.40. The topological polar surface area (TPSA) is 46.5 Å². The summed E-state index contributed by atoms with van der Waals surface area (Å²) < 4.78 is 5.24. The number of carboxylic acid groups (broad SMARTS) is 1. The zero-order valence-corrected chi connectivity index (χ0v) is 9.04. The summed E-state index contributed by atoms with van der Waals surface area (Å²) in [7, 11) is 0. The molecule has 0 aliphatic carbocycles.